The molecular weight excluding hydrogens is 591 g/mol. The Morgan fingerprint density at radius 2 is 1.74 bits per heavy atom. The quantitative estimate of drug-likeness (QED) is 0.308. The minimum Gasteiger partial charge on any atom is -0.477 e. The number of nitrogens with zero attached hydrogens (tertiary/aromatic N) is 3. The zero-order chi connectivity index (χ0) is 27.3. The van der Waals surface area contributed by atoms with Crippen LogP contribution in [0.5, 0.6) is 5.88 Å². The minimum absolute atomic E-state index is 0.0367. The molecule has 0 atom stereocenters. The second-order valence-electron chi connectivity index (χ2n) is 8.43. The normalized spacial score (nSPS) is 14.8. The summed E-state index contributed by atoms with van der Waals surface area (Å²) >= 11 is 13.2. The molecule has 1 N–H and O–H groups in total. The Morgan fingerprint density at radius 1 is 1.03 bits per heavy atom. The molecule has 1 aliphatic heterocycles. The lowest BCUT2D eigenvalue weighted by atomic mass is 10.2. The van der Waals surface area contributed by atoms with E-state index in [-0.39, 0.29) is 26.6 Å². The van der Waals surface area contributed by atoms with Gasteiger partial charge in [0.2, 0.25) is 21.9 Å². The Kier molecular flexibility index (Phi) is 9.43. The number of benzene rings is 2. The molecule has 4 rings (SSSR count). The summed E-state index contributed by atoms with van der Waals surface area (Å²) in [4.78, 5) is 9.77. The van der Waals surface area contributed by atoms with Gasteiger partial charge in [-0.2, -0.15) is 9.29 Å². The summed E-state index contributed by atoms with van der Waals surface area (Å²) in [5, 5.41) is 0.268. The topological polar surface area (TPSA) is 119 Å². The van der Waals surface area contributed by atoms with E-state index in [2.05, 4.69) is 14.7 Å². The highest BCUT2D eigenvalue weighted by Gasteiger charge is 2.26. The first-order valence-corrected chi connectivity index (χ1v) is 16.4. The van der Waals surface area contributed by atoms with E-state index in [0.29, 0.717) is 36.0 Å². The summed E-state index contributed by atoms with van der Waals surface area (Å²) in [6.45, 7) is 3.36. The van der Waals surface area contributed by atoms with Gasteiger partial charge in [-0.05, 0) is 61.7 Å². The van der Waals surface area contributed by atoms with Crippen LogP contribution >= 0.6 is 35.0 Å². The van der Waals surface area contributed by atoms with Gasteiger partial charge in [0.1, 0.15) is 4.90 Å². The number of rotatable bonds is 10. The van der Waals surface area contributed by atoms with Crippen molar-refractivity contribution in [2.45, 2.75) is 52.2 Å². The number of hydrogen-bond donors (Lipinski definition) is 1. The first-order chi connectivity index (χ1) is 18.1. The average Bonchev–Trinajstić information content (AvgIpc) is 2.89. The van der Waals surface area contributed by atoms with Gasteiger partial charge >= 0.3 is 0 Å². The first kappa shape index (κ1) is 28.9. The molecule has 2 aromatic carbocycles. The van der Waals surface area contributed by atoms with E-state index in [1.54, 1.807) is 24.3 Å². The summed E-state index contributed by atoms with van der Waals surface area (Å²) in [5.74, 6) is 0.00575. The van der Waals surface area contributed by atoms with Crippen molar-refractivity contribution in [3.8, 4) is 5.88 Å². The number of piperidine rings is 1. The fraction of sp³-hybridized carbons (Fsp3) is 0.333. The van der Waals surface area contributed by atoms with Crippen LogP contribution in [-0.4, -0.2) is 50.8 Å². The monoisotopic (exact) mass is 616 g/mol. The van der Waals surface area contributed by atoms with E-state index >= 15 is 0 Å². The van der Waals surface area contributed by atoms with Crippen LogP contribution in [-0.2, 0) is 20.0 Å². The zero-order valence-corrected chi connectivity index (χ0v) is 24.4. The SMILES string of the molecule is CCCOc1nc(NS(=O)(=O)c2ccc(Cl)cc2Cl)ncc1Sc1ccc(S(=O)(=O)N2CCCCC2)cc1. The van der Waals surface area contributed by atoms with Crippen LogP contribution in [0.2, 0.25) is 10.0 Å². The van der Waals surface area contributed by atoms with Crippen molar-refractivity contribution in [3.05, 3.63) is 58.7 Å². The molecule has 9 nitrogen and oxygen atoms in total. The third kappa shape index (κ3) is 6.91. The van der Waals surface area contributed by atoms with Gasteiger partial charge in [-0.3, -0.25) is 0 Å². The third-order valence-corrected chi connectivity index (χ3v) is 10.5. The van der Waals surface area contributed by atoms with Crippen LogP contribution in [0.4, 0.5) is 5.95 Å². The van der Waals surface area contributed by atoms with Crippen molar-refractivity contribution in [2.24, 2.45) is 0 Å². The van der Waals surface area contributed by atoms with E-state index in [9.17, 15) is 16.8 Å². The number of anilines is 1. The van der Waals surface area contributed by atoms with E-state index in [1.165, 1.54) is 40.5 Å². The largest absolute Gasteiger partial charge is 0.477 e. The van der Waals surface area contributed by atoms with Crippen molar-refractivity contribution in [2.75, 3.05) is 24.4 Å². The molecule has 3 aromatic rings. The maximum absolute atomic E-state index is 12.9. The highest BCUT2D eigenvalue weighted by atomic mass is 35.5. The number of aromatic nitrogens is 2. The molecule has 0 spiro atoms. The molecule has 0 saturated carbocycles. The first-order valence-electron chi connectivity index (χ1n) is 11.9. The fourth-order valence-corrected chi connectivity index (χ4v) is 7.77. The predicted molar refractivity (Wildman–Crippen MR) is 148 cm³/mol. The highest BCUT2D eigenvalue weighted by molar-refractivity contribution is 7.99. The standard InChI is InChI=1S/C24H26Cl2N4O5S3/c1-2-14-35-23-21(16-27-24(28-23)29-37(31,32)22-11-6-17(25)15-20(22)26)36-18-7-9-19(10-8-18)38(33,34)30-12-4-3-5-13-30/h6-11,15-16H,2-5,12-14H2,1H3,(H,27,28,29). The van der Waals surface area contributed by atoms with Gasteiger partial charge in [-0.1, -0.05) is 48.3 Å². The molecule has 1 aromatic heterocycles. The molecule has 38 heavy (non-hydrogen) atoms. The molecule has 1 fully saturated rings. The molecule has 0 radical (unpaired) electrons. The van der Waals surface area contributed by atoms with Crippen molar-refractivity contribution < 1.29 is 21.6 Å². The van der Waals surface area contributed by atoms with Crippen LogP contribution < -0.4 is 9.46 Å². The summed E-state index contributed by atoms with van der Waals surface area (Å²) in [7, 11) is -7.62. The van der Waals surface area contributed by atoms with Gasteiger partial charge in [-0.15, -0.1) is 0 Å². The summed E-state index contributed by atoms with van der Waals surface area (Å²) in [5.41, 5.74) is 0. The van der Waals surface area contributed by atoms with Crippen LogP contribution in [0, 0.1) is 0 Å². The number of halogens is 2. The Morgan fingerprint density at radius 3 is 2.39 bits per heavy atom. The maximum Gasteiger partial charge on any atom is 0.265 e. The number of nitrogens with one attached hydrogen (secondary N) is 1. The predicted octanol–water partition coefficient (Wildman–Crippen LogP) is 5.70. The van der Waals surface area contributed by atoms with Crippen LogP contribution in [0.3, 0.4) is 0 Å². The zero-order valence-electron chi connectivity index (χ0n) is 20.4. The van der Waals surface area contributed by atoms with Gasteiger partial charge in [0.05, 0.1) is 27.6 Å². The molecular formula is C24H26Cl2N4O5S3. The smallest absolute Gasteiger partial charge is 0.265 e. The van der Waals surface area contributed by atoms with Crippen molar-refractivity contribution >= 4 is 61.0 Å². The summed E-state index contributed by atoms with van der Waals surface area (Å²) in [6.07, 6.45) is 4.93. The summed E-state index contributed by atoms with van der Waals surface area (Å²) in [6, 6.07) is 10.6. The molecule has 0 bridgehead atoms. The number of ether oxygens (including phenoxy) is 1. The van der Waals surface area contributed by atoms with Crippen molar-refractivity contribution in [1.82, 2.24) is 14.3 Å². The van der Waals surface area contributed by atoms with E-state index in [1.807, 2.05) is 6.92 Å². The molecule has 0 aliphatic carbocycles. The average molecular weight is 618 g/mol. The fourth-order valence-electron chi connectivity index (χ4n) is 3.71. The Hall–Kier alpha value is -2.09. The van der Waals surface area contributed by atoms with Crippen LogP contribution in [0.25, 0.3) is 0 Å². The van der Waals surface area contributed by atoms with Gasteiger partial charge in [0.15, 0.2) is 0 Å². The molecule has 2 heterocycles. The lowest BCUT2D eigenvalue weighted by molar-refractivity contribution is 0.297. The molecule has 0 unspecified atom stereocenters. The van der Waals surface area contributed by atoms with Gasteiger partial charge < -0.3 is 4.74 Å². The molecule has 14 heteroatoms. The number of sulfonamides is 2. The lowest BCUT2D eigenvalue weighted by Crippen LogP contribution is -2.35. The second kappa shape index (κ2) is 12.4. The lowest BCUT2D eigenvalue weighted by Gasteiger charge is -2.25. The minimum atomic E-state index is -4.09. The Labute approximate surface area is 237 Å². The van der Waals surface area contributed by atoms with Crippen LogP contribution in [0.15, 0.2) is 68.2 Å². The number of hydrogen-bond acceptors (Lipinski definition) is 8. The Bertz CT molecular complexity index is 1500. The Balaban J connectivity index is 1.54. The molecule has 1 aliphatic rings. The van der Waals surface area contributed by atoms with Crippen LogP contribution in [0.1, 0.15) is 32.6 Å². The van der Waals surface area contributed by atoms with E-state index < -0.39 is 20.0 Å². The van der Waals surface area contributed by atoms with E-state index in [0.717, 1.165) is 24.2 Å². The van der Waals surface area contributed by atoms with Crippen molar-refractivity contribution in [1.29, 1.82) is 0 Å². The van der Waals surface area contributed by atoms with Gasteiger partial charge in [-0.25, -0.2) is 26.5 Å². The highest BCUT2D eigenvalue weighted by Crippen LogP contribution is 2.35. The molecule has 0 amide bonds. The van der Waals surface area contributed by atoms with Gasteiger partial charge in [0, 0.05) is 23.0 Å². The molecule has 1 saturated heterocycles. The maximum atomic E-state index is 12.9. The van der Waals surface area contributed by atoms with E-state index in [4.69, 9.17) is 27.9 Å². The third-order valence-electron chi connectivity index (χ3n) is 5.58. The summed E-state index contributed by atoms with van der Waals surface area (Å²) < 4.78 is 61.2. The molecule has 204 valence electrons. The second-order valence-corrected chi connectivity index (χ2v) is 14.0. The van der Waals surface area contributed by atoms with Crippen molar-refractivity contribution in [3.63, 3.8) is 0 Å². The van der Waals surface area contributed by atoms with Gasteiger partial charge in [0.25, 0.3) is 10.0 Å².